The summed E-state index contributed by atoms with van der Waals surface area (Å²) in [6.45, 7) is 2.17. The van der Waals surface area contributed by atoms with Crippen LogP contribution in [0.25, 0.3) is 0 Å². The van der Waals surface area contributed by atoms with Gasteiger partial charge >= 0.3 is 0 Å². The van der Waals surface area contributed by atoms with Gasteiger partial charge in [-0.2, -0.15) is 4.98 Å². The molecule has 1 fully saturated rings. The zero-order valence-electron chi connectivity index (χ0n) is 17.1. The molecule has 2 heterocycles. The molecule has 1 aromatic carbocycles. The second-order valence-corrected chi connectivity index (χ2v) is 7.16. The second kappa shape index (κ2) is 8.87. The molecule has 9 heteroatoms. The van der Waals surface area contributed by atoms with E-state index in [-0.39, 0.29) is 6.04 Å². The third-order valence-electron chi connectivity index (χ3n) is 4.89. The number of carbonyl (C=O) groups is 2. The van der Waals surface area contributed by atoms with Crippen molar-refractivity contribution in [3.8, 4) is 5.75 Å². The normalized spacial score (nSPS) is 17.0. The molecule has 1 N–H and O–H groups in total. The number of likely N-dealkylation sites (N-methyl/N-ethyl adjacent to an activating group) is 1. The first-order valence-corrected chi connectivity index (χ1v) is 9.32. The lowest BCUT2D eigenvalue weighted by molar-refractivity contribution is -0.109. The number of anilines is 4. The fourth-order valence-corrected chi connectivity index (χ4v) is 3.29. The van der Waals surface area contributed by atoms with Crippen molar-refractivity contribution in [1.82, 2.24) is 14.9 Å². The quantitative estimate of drug-likeness (QED) is 0.696. The van der Waals surface area contributed by atoms with E-state index in [1.165, 1.54) is 7.11 Å². The van der Waals surface area contributed by atoms with Gasteiger partial charge in [-0.3, -0.25) is 4.79 Å². The molecule has 1 atom stereocenters. The van der Waals surface area contributed by atoms with E-state index in [9.17, 15) is 9.59 Å². The number of hydrogen-bond acceptors (Lipinski definition) is 9. The summed E-state index contributed by atoms with van der Waals surface area (Å²) in [7, 11) is 7.38. The minimum atomic E-state index is -0.281. The molecule has 29 heavy (non-hydrogen) atoms. The minimum absolute atomic E-state index is 0.281. The molecule has 0 bridgehead atoms. The molecule has 1 aliphatic heterocycles. The van der Waals surface area contributed by atoms with Crippen molar-refractivity contribution in [2.24, 2.45) is 0 Å². The summed E-state index contributed by atoms with van der Waals surface area (Å²) in [5, 5.41) is 3.15. The van der Waals surface area contributed by atoms with Crippen molar-refractivity contribution in [3.63, 3.8) is 0 Å². The molecule has 3 rings (SSSR count). The van der Waals surface area contributed by atoms with Crippen LogP contribution in [0.2, 0.25) is 0 Å². The number of piperazine rings is 1. The van der Waals surface area contributed by atoms with Crippen molar-refractivity contribution in [3.05, 3.63) is 30.0 Å². The second-order valence-electron chi connectivity index (χ2n) is 7.16. The maximum absolute atomic E-state index is 11.7. The lowest BCUT2D eigenvalue weighted by Gasteiger charge is -2.39. The highest BCUT2D eigenvalue weighted by atomic mass is 16.5. The summed E-state index contributed by atoms with van der Waals surface area (Å²) in [5.74, 6) is 1.59. The van der Waals surface area contributed by atoms with Gasteiger partial charge in [0.25, 0.3) is 0 Å². The maximum atomic E-state index is 11.7. The van der Waals surface area contributed by atoms with E-state index in [0.29, 0.717) is 41.9 Å². The molecule has 1 aliphatic rings. The third-order valence-corrected chi connectivity index (χ3v) is 4.89. The Morgan fingerprint density at radius 2 is 2.07 bits per heavy atom. The molecule has 1 unspecified atom stereocenters. The Kier molecular flexibility index (Phi) is 6.28. The number of aromatic nitrogens is 2. The van der Waals surface area contributed by atoms with Gasteiger partial charge in [-0.1, -0.05) is 0 Å². The van der Waals surface area contributed by atoms with Gasteiger partial charge in [0.15, 0.2) is 5.82 Å². The van der Waals surface area contributed by atoms with Crippen LogP contribution in [0.3, 0.4) is 0 Å². The lowest BCUT2D eigenvalue weighted by atomic mass is 10.2. The molecule has 154 valence electrons. The maximum Gasteiger partial charge on any atom is 0.229 e. The first kappa shape index (κ1) is 20.5. The molecule has 0 amide bonds. The largest absolute Gasteiger partial charge is 0.495 e. The Labute approximate surface area is 170 Å². The van der Waals surface area contributed by atoms with Crippen LogP contribution in [-0.4, -0.2) is 81.4 Å². The van der Waals surface area contributed by atoms with E-state index in [1.807, 2.05) is 30.9 Å². The topological polar surface area (TPSA) is 90.9 Å². The van der Waals surface area contributed by atoms with E-state index < -0.39 is 0 Å². The summed E-state index contributed by atoms with van der Waals surface area (Å²) in [4.78, 5) is 37.9. The fraction of sp³-hybridized carbons (Fsp3) is 0.400. The first-order chi connectivity index (χ1) is 14.0. The van der Waals surface area contributed by atoms with E-state index in [1.54, 1.807) is 24.4 Å². The number of benzene rings is 1. The van der Waals surface area contributed by atoms with E-state index >= 15 is 0 Å². The predicted molar refractivity (Wildman–Crippen MR) is 113 cm³/mol. The highest BCUT2D eigenvalue weighted by Gasteiger charge is 2.28. The number of nitrogens with zero attached hydrogens (tertiary/aromatic N) is 5. The number of methoxy groups -OCH3 is 1. The van der Waals surface area contributed by atoms with Gasteiger partial charge in [-0.25, -0.2) is 4.98 Å². The zero-order valence-corrected chi connectivity index (χ0v) is 17.1. The molecular formula is C20H26N6O3. The molecule has 2 aromatic rings. The van der Waals surface area contributed by atoms with Gasteiger partial charge in [0.1, 0.15) is 18.3 Å². The summed E-state index contributed by atoms with van der Waals surface area (Å²) < 4.78 is 5.37. The average Bonchev–Trinajstić information content (AvgIpc) is 2.73. The molecular weight excluding hydrogens is 372 g/mol. The Balaban J connectivity index is 1.97. The molecule has 1 saturated heterocycles. The van der Waals surface area contributed by atoms with Crippen molar-refractivity contribution < 1.29 is 14.3 Å². The van der Waals surface area contributed by atoms with Crippen molar-refractivity contribution in [2.45, 2.75) is 6.04 Å². The summed E-state index contributed by atoms with van der Waals surface area (Å²) in [5.41, 5.74) is 1.99. The third kappa shape index (κ3) is 4.45. The molecule has 0 spiro atoms. The minimum Gasteiger partial charge on any atom is -0.495 e. The van der Waals surface area contributed by atoms with Gasteiger partial charge in [0.05, 0.1) is 30.7 Å². The van der Waals surface area contributed by atoms with Gasteiger partial charge in [-0.15, -0.1) is 0 Å². The molecule has 0 saturated carbocycles. The summed E-state index contributed by atoms with van der Waals surface area (Å²) >= 11 is 0. The van der Waals surface area contributed by atoms with Crippen LogP contribution < -0.4 is 19.9 Å². The number of hydrogen-bond donors (Lipinski definition) is 1. The van der Waals surface area contributed by atoms with Gasteiger partial charge in [0, 0.05) is 39.3 Å². The van der Waals surface area contributed by atoms with Crippen LogP contribution in [0.5, 0.6) is 5.75 Å². The standard InChI is InChI=1S/C20H26N6O3/c1-24(2)17-10-21-20(22-16-6-5-14(12-27)9-18(16)29-4)23-19(17)26-8-7-25(3)11-15(26)13-28/h5-6,9-10,12-13,15H,7-8,11H2,1-4H3,(H,21,22,23). The molecule has 9 nitrogen and oxygen atoms in total. The van der Waals surface area contributed by atoms with Crippen LogP contribution in [0.4, 0.5) is 23.1 Å². The fourth-order valence-electron chi connectivity index (χ4n) is 3.29. The Morgan fingerprint density at radius 1 is 1.28 bits per heavy atom. The van der Waals surface area contributed by atoms with Crippen LogP contribution >= 0.6 is 0 Å². The number of nitrogens with one attached hydrogen (secondary N) is 1. The van der Waals surface area contributed by atoms with Crippen molar-refractivity contribution >= 4 is 35.7 Å². The summed E-state index contributed by atoms with van der Waals surface area (Å²) in [6.07, 6.45) is 3.46. The van der Waals surface area contributed by atoms with Crippen LogP contribution in [0.1, 0.15) is 10.4 Å². The number of aldehydes is 2. The first-order valence-electron chi connectivity index (χ1n) is 9.32. The summed E-state index contributed by atoms with van der Waals surface area (Å²) in [6, 6.07) is 4.80. The van der Waals surface area contributed by atoms with Crippen LogP contribution in [-0.2, 0) is 4.79 Å². The number of ether oxygens (including phenoxy) is 1. The van der Waals surface area contributed by atoms with Crippen LogP contribution in [0, 0.1) is 0 Å². The SMILES string of the molecule is COc1cc(C=O)ccc1Nc1ncc(N(C)C)c(N2CCN(C)CC2C=O)n1. The zero-order chi connectivity index (χ0) is 21.0. The Bertz CT molecular complexity index is 889. The van der Waals surface area contributed by atoms with Gasteiger partial charge in [-0.05, 0) is 25.2 Å². The highest BCUT2D eigenvalue weighted by Crippen LogP contribution is 2.32. The van der Waals surface area contributed by atoms with Gasteiger partial charge in [0.2, 0.25) is 5.95 Å². The van der Waals surface area contributed by atoms with E-state index in [2.05, 4.69) is 15.2 Å². The van der Waals surface area contributed by atoms with E-state index in [0.717, 1.165) is 24.8 Å². The predicted octanol–water partition coefficient (Wildman–Crippen LogP) is 1.43. The van der Waals surface area contributed by atoms with Crippen LogP contribution in [0.15, 0.2) is 24.4 Å². The average molecular weight is 398 g/mol. The lowest BCUT2D eigenvalue weighted by Crippen LogP contribution is -2.53. The molecule has 0 radical (unpaired) electrons. The Hall–Kier alpha value is -3.20. The van der Waals surface area contributed by atoms with Crippen molar-refractivity contribution in [2.75, 3.05) is 63.0 Å². The van der Waals surface area contributed by atoms with Crippen molar-refractivity contribution in [1.29, 1.82) is 0 Å². The highest BCUT2D eigenvalue weighted by molar-refractivity contribution is 5.79. The van der Waals surface area contributed by atoms with E-state index in [4.69, 9.17) is 9.72 Å². The number of rotatable bonds is 7. The monoisotopic (exact) mass is 398 g/mol. The smallest absolute Gasteiger partial charge is 0.229 e. The number of carbonyl (C=O) groups excluding carboxylic acids is 2. The Morgan fingerprint density at radius 3 is 2.72 bits per heavy atom. The molecule has 0 aliphatic carbocycles. The molecule has 1 aromatic heterocycles. The van der Waals surface area contributed by atoms with Gasteiger partial charge < -0.3 is 29.5 Å².